The van der Waals surface area contributed by atoms with Gasteiger partial charge in [-0.2, -0.15) is 0 Å². The van der Waals surface area contributed by atoms with Crippen LogP contribution in [0.15, 0.2) is 0 Å². The van der Waals surface area contributed by atoms with Gasteiger partial charge < -0.3 is 9.80 Å². The number of rotatable bonds is 5. The highest BCUT2D eigenvalue weighted by molar-refractivity contribution is 7.90. The van der Waals surface area contributed by atoms with Crippen LogP contribution in [0, 0.1) is 5.92 Å². The fourth-order valence-electron chi connectivity index (χ4n) is 2.87. The maximum Gasteiger partial charge on any atom is 0.226 e. The summed E-state index contributed by atoms with van der Waals surface area (Å²) in [5.41, 5.74) is 0. The molecular weight excluding hydrogens is 276 g/mol. The lowest BCUT2D eigenvalue weighted by molar-refractivity contribution is -0.137. The largest absolute Gasteiger partial charge is 0.338 e. The Morgan fingerprint density at radius 3 is 2.45 bits per heavy atom. The normalized spacial score (nSPS) is 28.4. The van der Waals surface area contributed by atoms with Crippen molar-refractivity contribution in [3.63, 3.8) is 0 Å². The van der Waals surface area contributed by atoms with Crippen molar-refractivity contribution in [3.8, 4) is 0 Å². The first kappa shape index (κ1) is 15.8. The zero-order chi connectivity index (χ0) is 14.9. The summed E-state index contributed by atoms with van der Waals surface area (Å²) in [4.78, 5) is 16.8. The molecule has 0 aromatic heterocycles. The highest BCUT2D eigenvalue weighted by Crippen LogP contribution is 2.31. The van der Waals surface area contributed by atoms with E-state index in [1.807, 2.05) is 4.90 Å². The van der Waals surface area contributed by atoms with Gasteiger partial charge in [0.1, 0.15) is 9.84 Å². The summed E-state index contributed by atoms with van der Waals surface area (Å²) in [6.45, 7) is 3.46. The average Bonchev–Trinajstić information content (AvgIpc) is 3.15. The molecule has 0 radical (unpaired) electrons. The van der Waals surface area contributed by atoms with E-state index in [1.54, 1.807) is 0 Å². The number of sulfone groups is 1. The average molecular weight is 302 g/mol. The molecule has 6 heteroatoms. The van der Waals surface area contributed by atoms with Crippen LogP contribution in [-0.2, 0) is 14.6 Å². The van der Waals surface area contributed by atoms with Gasteiger partial charge in [-0.05, 0) is 46.2 Å². The molecule has 1 saturated carbocycles. The Morgan fingerprint density at radius 2 is 1.95 bits per heavy atom. The zero-order valence-corrected chi connectivity index (χ0v) is 13.5. The van der Waals surface area contributed by atoms with Crippen LogP contribution in [0.5, 0.6) is 0 Å². The second-order valence-corrected chi connectivity index (χ2v) is 8.70. The molecule has 0 N–H and O–H groups in total. The molecule has 0 unspecified atom stereocenters. The van der Waals surface area contributed by atoms with Gasteiger partial charge in [-0.3, -0.25) is 4.79 Å². The molecule has 1 aliphatic carbocycles. The Bertz CT molecular complexity index is 459. The molecule has 0 bridgehead atoms. The number of likely N-dealkylation sites (tertiary alicyclic amines) is 1. The quantitative estimate of drug-likeness (QED) is 0.752. The third kappa shape index (κ3) is 4.19. The van der Waals surface area contributed by atoms with E-state index in [4.69, 9.17) is 0 Å². The van der Waals surface area contributed by atoms with E-state index in [0.717, 1.165) is 32.2 Å². The minimum Gasteiger partial charge on any atom is -0.338 e. The maximum absolute atomic E-state index is 12.7. The molecule has 1 amide bonds. The van der Waals surface area contributed by atoms with Crippen molar-refractivity contribution in [2.45, 2.75) is 44.7 Å². The molecule has 20 heavy (non-hydrogen) atoms. The molecule has 0 aromatic rings. The van der Waals surface area contributed by atoms with Crippen LogP contribution in [0.1, 0.15) is 32.6 Å². The predicted octanol–water partition coefficient (Wildman–Crippen LogP) is 0.752. The predicted molar refractivity (Wildman–Crippen MR) is 79.3 cm³/mol. The number of amides is 1. The molecule has 1 saturated heterocycles. The van der Waals surface area contributed by atoms with Crippen LogP contribution in [-0.4, -0.2) is 68.4 Å². The lowest BCUT2D eigenvalue weighted by Gasteiger charge is -2.36. The van der Waals surface area contributed by atoms with Gasteiger partial charge in [0.25, 0.3) is 0 Å². The lowest BCUT2D eigenvalue weighted by Crippen LogP contribution is -2.46. The molecule has 2 atom stereocenters. The Morgan fingerprint density at radius 1 is 1.30 bits per heavy atom. The van der Waals surface area contributed by atoms with E-state index >= 15 is 0 Å². The molecule has 116 valence electrons. The Balaban J connectivity index is 1.97. The fraction of sp³-hybridized carbons (Fsp3) is 0.929. The number of hydrogen-bond donors (Lipinski definition) is 0. The van der Waals surface area contributed by atoms with E-state index in [1.165, 1.54) is 6.26 Å². The summed E-state index contributed by atoms with van der Waals surface area (Å²) < 4.78 is 22.7. The summed E-state index contributed by atoms with van der Waals surface area (Å²) in [6.07, 6.45) is 5.06. The minimum absolute atomic E-state index is 0.0707. The highest BCUT2D eigenvalue weighted by atomic mass is 32.2. The third-order valence-corrected chi connectivity index (χ3v) is 5.46. The molecule has 0 aromatic carbocycles. The van der Waals surface area contributed by atoms with Crippen LogP contribution >= 0.6 is 0 Å². The van der Waals surface area contributed by atoms with Gasteiger partial charge in [-0.15, -0.1) is 0 Å². The number of piperidine rings is 1. The van der Waals surface area contributed by atoms with E-state index in [0.29, 0.717) is 18.6 Å². The van der Waals surface area contributed by atoms with Crippen molar-refractivity contribution in [3.05, 3.63) is 0 Å². The van der Waals surface area contributed by atoms with Crippen molar-refractivity contribution >= 4 is 15.7 Å². The number of carbonyl (C=O) groups excluding carboxylic acids is 1. The van der Waals surface area contributed by atoms with E-state index < -0.39 is 9.84 Å². The van der Waals surface area contributed by atoms with Crippen molar-refractivity contribution < 1.29 is 13.2 Å². The second-order valence-electron chi connectivity index (χ2n) is 6.44. The SMILES string of the molecule is C[C@H]1C[C@@H](C(=O)N(CCS(C)(=O)=O)C2CC2)CCN1C. The maximum atomic E-state index is 12.7. The van der Waals surface area contributed by atoms with Crippen LogP contribution < -0.4 is 0 Å². The second kappa shape index (κ2) is 6.02. The van der Waals surface area contributed by atoms with Gasteiger partial charge in [0.2, 0.25) is 5.91 Å². The topological polar surface area (TPSA) is 57.7 Å². The Labute approximate surface area is 122 Å². The molecule has 0 spiro atoms. The summed E-state index contributed by atoms with van der Waals surface area (Å²) in [5, 5.41) is 0. The standard InChI is InChI=1S/C14H26N2O3S/c1-11-10-12(6-7-15(11)2)14(17)16(13-4-5-13)8-9-20(3,18)19/h11-13H,4-10H2,1-3H3/t11-,12-/m0/s1. The molecule has 1 aliphatic heterocycles. The molecule has 1 heterocycles. The van der Waals surface area contributed by atoms with Gasteiger partial charge >= 0.3 is 0 Å². The van der Waals surface area contributed by atoms with Gasteiger partial charge in [0, 0.05) is 30.8 Å². The number of nitrogens with zero attached hydrogens (tertiary/aromatic N) is 2. The zero-order valence-electron chi connectivity index (χ0n) is 12.7. The van der Waals surface area contributed by atoms with Crippen molar-refractivity contribution in [1.29, 1.82) is 0 Å². The van der Waals surface area contributed by atoms with Crippen molar-refractivity contribution in [2.24, 2.45) is 5.92 Å². The van der Waals surface area contributed by atoms with Gasteiger partial charge in [-0.1, -0.05) is 0 Å². The fourth-order valence-corrected chi connectivity index (χ4v) is 3.40. The van der Waals surface area contributed by atoms with Gasteiger partial charge in [0.15, 0.2) is 0 Å². The van der Waals surface area contributed by atoms with Crippen molar-refractivity contribution in [2.75, 3.05) is 32.1 Å². The first-order chi connectivity index (χ1) is 9.28. The van der Waals surface area contributed by atoms with Crippen LogP contribution in [0.2, 0.25) is 0 Å². The summed E-state index contributed by atoms with van der Waals surface area (Å²) >= 11 is 0. The number of hydrogen-bond acceptors (Lipinski definition) is 4. The van der Waals surface area contributed by atoms with Crippen LogP contribution in [0.3, 0.4) is 0 Å². The summed E-state index contributed by atoms with van der Waals surface area (Å²) in [5.74, 6) is 0.328. The number of carbonyl (C=O) groups is 1. The highest BCUT2D eigenvalue weighted by Gasteiger charge is 2.37. The molecular formula is C14H26N2O3S. The van der Waals surface area contributed by atoms with Crippen LogP contribution in [0.4, 0.5) is 0 Å². The monoisotopic (exact) mass is 302 g/mol. The lowest BCUT2D eigenvalue weighted by atomic mass is 9.90. The van der Waals surface area contributed by atoms with E-state index in [2.05, 4.69) is 18.9 Å². The van der Waals surface area contributed by atoms with E-state index in [9.17, 15) is 13.2 Å². The third-order valence-electron chi connectivity index (χ3n) is 4.53. The Kier molecular flexibility index (Phi) is 4.74. The van der Waals surface area contributed by atoms with Crippen LogP contribution in [0.25, 0.3) is 0 Å². The van der Waals surface area contributed by atoms with E-state index in [-0.39, 0.29) is 17.6 Å². The summed E-state index contributed by atoms with van der Waals surface area (Å²) in [7, 11) is -0.920. The molecule has 2 rings (SSSR count). The molecule has 5 nitrogen and oxygen atoms in total. The first-order valence-corrected chi connectivity index (χ1v) is 9.52. The minimum atomic E-state index is -3.01. The smallest absolute Gasteiger partial charge is 0.226 e. The first-order valence-electron chi connectivity index (χ1n) is 7.46. The Hall–Kier alpha value is -0.620. The molecule has 2 fully saturated rings. The summed E-state index contributed by atoms with van der Waals surface area (Å²) in [6, 6.07) is 0.716. The van der Waals surface area contributed by atoms with Crippen molar-refractivity contribution in [1.82, 2.24) is 9.80 Å². The van der Waals surface area contributed by atoms with Gasteiger partial charge in [-0.25, -0.2) is 8.42 Å². The molecule has 2 aliphatic rings. The van der Waals surface area contributed by atoms with Gasteiger partial charge in [0.05, 0.1) is 5.75 Å².